The van der Waals surface area contributed by atoms with Crippen LogP contribution in [-0.2, 0) is 0 Å². The van der Waals surface area contributed by atoms with E-state index < -0.39 is 0 Å². The number of nitrogens with one attached hydrogen (secondary N) is 1. The van der Waals surface area contributed by atoms with Gasteiger partial charge in [0.15, 0.2) is 0 Å². The summed E-state index contributed by atoms with van der Waals surface area (Å²) in [4.78, 5) is 0. The topological polar surface area (TPSA) is 41.5 Å². The molecule has 0 aliphatic carbocycles. The zero-order valence-electron chi connectivity index (χ0n) is 10.4. The van der Waals surface area contributed by atoms with E-state index in [0.29, 0.717) is 6.04 Å². The lowest BCUT2D eigenvalue weighted by Crippen LogP contribution is -2.28. The molecule has 0 radical (unpaired) electrons. The molecule has 0 bridgehead atoms. The second kappa shape index (κ2) is 6.03. The van der Waals surface area contributed by atoms with E-state index in [1.165, 1.54) is 5.56 Å². The molecule has 17 heavy (non-hydrogen) atoms. The van der Waals surface area contributed by atoms with Crippen molar-refractivity contribution in [1.29, 1.82) is 0 Å². The highest BCUT2D eigenvalue weighted by atomic mass is 16.5. The van der Waals surface area contributed by atoms with Gasteiger partial charge in [0.2, 0.25) is 0 Å². The van der Waals surface area contributed by atoms with Gasteiger partial charge in [0.05, 0.1) is 12.7 Å². The van der Waals surface area contributed by atoms with Crippen LogP contribution in [0.2, 0.25) is 0 Å². The smallest absolute Gasteiger partial charge is 0.124 e. The standard InChI is InChI=1S/C14H21NO2/c1-11(16)5-4-9-15-13-8-10-17-14-7-3-2-6-12(13)14/h2-3,6-7,11,13,15-16H,4-5,8-10H2,1H3. The van der Waals surface area contributed by atoms with Crippen molar-refractivity contribution in [3.63, 3.8) is 0 Å². The zero-order chi connectivity index (χ0) is 12.1. The third kappa shape index (κ3) is 3.45. The SMILES string of the molecule is CC(O)CCCNC1CCOc2ccccc21. The predicted octanol–water partition coefficient (Wildman–Crippen LogP) is 2.26. The molecule has 0 amide bonds. The molecular formula is C14H21NO2. The van der Waals surface area contributed by atoms with Crippen LogP contribution in [0.25, 0.3) is 0 Å². The first-order valence-corrected chi connectivity index (χ1v) is 6.40. The maximum absolute atomic E-state index is 9.20. The van der Waals surface area contributed by atoms with E-state index in [2.05, 4.69) is 17.4 Å². The quantitative estimate of drug-likeness (QED) is 0.769. The fourth-order valence-electron chi connectivity index (χ4n) is 2.23. The zero-order valence-corrected chi connectivity index (χ0v) is 10.4. The Bertz CT molecular complexity index is 352. The second-order valence-electron chi connectivity index (χ2n) is 4.67. The maximum atomic E-state index is 9.20. The van der Waals surface area contributed by atoms with Crippen LogP contribution in [0, 0.1) is 0 Å². The summed E-state index contributed by atoms with van der Waals surface area (Å²) in [5.74, 6) is 1.01. The van der Waals surface area contributed by atoms with Crippen LogP contribution in [0.4, 0.5) is 0 Å². The molecule has 1 heterocycles. The van der Waals surface area contributed by atoms with E-state index in [1.54, 1.807) is 0 Å². The molecule has 1 aromatic carbocycles. The molecule has 0 saturated heterocycles. The van der Waals surface area contributed by atoms with Gasteiger partial charge in [0, 0.05) is 18.0 Å². The van der Waals surface area contributed by atoms with Gasteiger partial charge in [0.1, 0.15) is 5.75 Å². The number of fused-ring (bicyclic) bond motifs is 1. The lowest BCUT2D eigenvalue weighted by atomic mass is 10.0. The Labute approximate surface area is 103 Å². The third-order valence-corrected chi connectivity index (χ3v) is 3.15. The van der Waals surface area contributed by atoms with Crippen LogP contribution >= 0.6 is 0 Å². The molecule has 0 aromatic heterocycles. The number of ether oxygens (including phenoxy) is 1. The molecule has 0 spiro atoms. The number of para-hydroxylation sites is 1. The highest BCUT2D eigenvalue weighted by Gasteiger charge is 2.19. The minimum Gasteiger partial charge on any atom is -0.493 e. The minimum absolute atomic E-state index is 0.196. The molecule has 2 N–H and O–H groups in total. The van der Waals surface area contributed by atoms with E-state index in [0.717, 1.165) is 38.2 Å². The summed E-state index contributed by atoms with van der Waals surface area (Å²) in [7, 11) is 0. The Hall–Kier alpha value is -1.06. The summed E-state index contributed by atoms with van der Waals surface area (Å²) in [6, 6.07) is 8.61. The van der Waals surface area contributed by atoms with Gasteiger partial charge in [-0.25, -0.2) is 0 Å². The van der Waals surface area contributed by atoms with Gasteiger partial charge in [-0.05, 0) is 32.4 Å². The van der Waals surface area contributed by atoms with Gasteiger partial charge in [0.25, 0.3) is 0 Å². The van der Waals surface area contributed by atoms with Gasteiger partial charge in [-0.3, -0.25) is 0 Å². The van der Waals surface area contributed by atoms with Crippen molar-refractivity contribution in [1.82, 2.24) is 5.32 Å². The molecule has 2 atom stereocenters. The molecule has 1 aromatic rings. The molecule has 0 saturated carbocycles. The van der Waals surface area contributed by atoms with Crippen LogP contribution in [-0.4, -0.2) is 24.4 Å². The van der Waals surface area contributed by atoms with Crippen LogP contribution in [0.15, 0.2) is 24.3 Å². The molecular weight excluding hydrogens is 214 g/mol. The summed E-state index contributed by atoms with van der Waals surface area (Å²) in [6.07, 6.45) is 2.69. The Morgan fingerprint density at radius 3 is 3.12 bits per heavy atom. The normalized spacial score (nSPS) is 20.5. The van der Waals surface area contributed by atoms with Crippen molar-refractivity contribution in [2.75, 3.05) is 13.2 Å². The number of hydrogen-bond donors (Lipinski definition) is 2. The Balaban J connectivity index is 1.86. The number of hydrogen-bond acceptors (Lipinski definition) is 3. The molecule has 3 heteroatoms. The summed E-state index contributed by atoms with van der Waals surface area (Å²) < 4.78 is 5.62. The highest BCUT2D eigenvalue weighted by Crippen LogP contribution is 2.31. The molecule has 3 nitrogen and oxygen atoms in total. The lowest BCUT2D eigenvalue weighted by Gasteiger charge is -2.26. The molecule has 0 fully saturated rings. The average molecular weight is 235 g/mol. The predicted molar refractivity (Wildman–Crippen MR) is 68.2 cm³/mol. The fraction of sp³-hybridized carbons (Fsp3) is 0.571. The molecule has 94 valence electrons. The van der Waals surface area contributed by atoms with Crippen molar-refractivity contribution in [2.45, 2.75) is 38.3 Å². The molecule has 2 unspecified atom stereocenters. The average Bonchev–Trinajstić information content (AvgIpc) is 2.34. The summed E-state index contributed by atoms with van der Waals surface area (Å²) in [6.45, 7) is 3.57. The molecule has 1 aliphatic heterocycles. The van der Waals surface area contributed by atoms with Crippen LogP contribution in [0.1, 0.15) is 37.8 Å². The van der Waals surface area contributed by atoms with Gasteiger partial charge < -0.3 is 15.2 Å². The maximum Gasteiger partial charge on any atom is 0.124 e. The Kier molecular flexibility index (Phi) is 4.40. The van der Waals surface area contributed by atoms with Crippen LogP contribution < -0.4 is 10.1 Å². The molecule has 2 rings (SSSR count). The van der Waals surface area contributed by atoms with E-state index in [4.69, 9.17) is 4.74 Å². The van der Waals surface area contributed by atoms with Crippen molar-refractivity contribution in [3.05, 3.63) is 29.8 Å². The highest BCUT2D eigenvalue weighted by molar-refractivity contribution is 5.37. The lowest BCUT2D eigenvalue weighted by molar-refractivity contribution is 0.180. The Morgan fingerprint density at radius 2 is 2.29 bits per heavy atom. The van der Waals surface area contributed by atoms with E-state index in [9.17, 15) is 5.11 Å². The van der Waals surface area contributed by atoms with E-state index >= 15 is 0 Å². The number of aliphatic hydroxyl groups is 1. The van der Waals surface area contributed by atoms with Crippen molar-refractivity contribution in [3.8, 4) is 5.75 Å². The summed E-state index contributed by atoms with van der Waals surface area (Å²) in [5.41, 5.74) is 1.26. The van der Waals surface area contributed by atoms with Crippen molar-refractivity contribution >= 4 is 0 Å². The van der Waals surface area contributed by atoms with Crippen molar-refractivity contribution in [2.24, 2.45) is 0 Å². The number of rotatable bonds is 5. The second-order valence-corrected chi connectivity index (χ2v) is 4.67. The fourth-order valence-corrected chi connectivity index (χ4v) is 2.23. The van der Waals surface area contributed by atoms with Gasteiger partial charge in [-0.1, -0.05) is 18.2 Å². The molecule has 1 aliphatic rings. The van der Waals surface area contributed by atoms with Crippen molar-refractivity contribution < 1.29 is 9.84 Å². The van der Waals surface area contributed by atoms with Crippen LogP contribution in [0.3, 0.4) is 0 Å². The summed E-state index contributed by atoms with van der Waals surface area (Å²) >= 11 is 0. The van der Waals surface area contributed by atoms with Gasteiger partial charge in [-0.15, -0.1) is 0 Å². The van der Waals surface area contributed by atoms with Crippen LogP contribution in [0.5, 0.6) is 5.75 Å². The third-order valence-electron chi connectivity index (χ3n) is 3.15. The van der Waals surface area contributed by atoms with Gasteiger partial charge in [-0.2, -0.15) is 0 Å². The first kappa shape index (κ1) is 12.4. The number of benzene rings is 1. The Morgan fingerprint density at radius 1 is 1.47 bits per heavy atom. The first-order chi connectivity index (χ1) is 8.27. The van der Waals surface area contributed by atoms with Gasteiger partial charge >= 0.3 is 0 Å². The minimum atomic E-state index is -0.196. The van der Waals surface area contributed by atoms with E-state index in [1.807, 2.05) is 19.1 Å². The van der Waals surface area contributed by atoms with E-state index in [-0.39, 0.29) is 6.10 Å². The summed E-state index contributed by atoms with van der Waals surface area (Å²) in [5, 5.41) is 12.7. The monoisotopic (exact) mass is 235 g/mol. The first-order valence-electron chi connectivity index (χ1n) is 6.40. The number of aliphatic hydroxyl groups excluding tert-OH is 1. The largest absolute Gasteiger partial charge is 0.493 e.